The van der Waals surface area contributed by atoms with E-state index in [0.717, 1.165) is 56.9 Å². The van der Waals surface area contributed by atoms with Crippen LogP contribution in [0.4, 0.5) is 17.6 Å². The molecule has 0 spiro atoms. The van der Waals surface area contributed by atoms with Crippen molar-refractivity contribution in [3.05, 3.63) is 96.1 Å². The molecule has 42 heavy (non-hydrogen) atoms. The van der Waals surface area contributed by atoms with Crippen LogP contribution in [0, 0.1) is 29.2 Å². The predicted octanol–water partition coefficient (Wildman–Crippen LogP) is 11.9. The smallest absolute Gasteiger partial charge is 0.201 e. The number of allylic oxidation sites excluding steroid dienone is 3. The van der Waals surface area contributed by atoms with Crippen LogP contribution < -0.4 is 4.74 Å². The van der Waals surface area contributed by atoms with Gasteiger partial charge in [-0.25, -0.2) is 13.2 Å². The fourth-order valence-electron chi connectivity index (χ4n) is 5.71. The van der Waals surface area contributed by atoms with Crippen LogP contribution in [0.15, 0.2) is 67.3 Å². The molecular weight excluding hydrogens is 536 g/mol. The molecule has 0 aromatic heterocycles. The Balaban J connectivity index is 1.40. The zero-order valence-corrected chi connectivity index (χ0v) is 24.7. The van der Waals surface area contributed by atoms with Gasteiger partial charge in [-0.2, -0.15) is 4.39 Å². The monoisotopic (exact) mass is 578 g/mol. The minimum Gasteiger partial charge on any atom is -0.490 e. The van der Waals surface area contributed by atoms with Crippen LogP contribution in [0.25, 0.3) is 27.8 Å². The van der Waals surface area contributed by atoms with Crippen molar-refractivity contribution in [2.24, 2.45) is 5.92 Å². The van der Waals surface area contributed by atoms with Gasteiger partial charge in [0, 0.05) is 16.7 Å². The van der Waals surface area contributed by atoms with Gasteiger partial charge in [-0.3, -0.25) is 0 Å². The van der Waals surface area contributed by atoms with Crippen LogP contribution in [-0.4, -0.2) is 6.61 Å². The molecule has 224 valence electrons. The Kier molecular flexibility index (Phi) is 11.9. The van der Waals surface area contributed by atoms with Crippen LogP contribution >= 0.6 is 0 Å². The second-order valence-corrected chi connectivity index (χ2v) is 11.3. The Labute approximate surface area is 248 Å². The molecular formula is C37H42F4O. The van der Waals surface area contributed by atoms with Gasteiger partial charge in [0.25, 0.3) is 0 Å². The van der Waals surface area contributed by atoms with Gasteiger partial charge in [0.2, 0.25) is 5.82 Å². The number of unbranched alkanes of at least 4 members (excludes halogenated alkanes) is 6. The first-order valence-corrected chi connectivity index (χ1v) is 15.4. The number of rotatable bonds is 15. The molecule has 0 radical (unpaired) electrons. The lowest BCUT2D eigenvalue weighted by Crippen LogP contribution is -2.07. The van der Waals surface area contributed by atoms with E-state index in [2.05, 4.69) is 13.5 Å². The van der Waals surface area contributed by atoms with Gasteiger partial charge < -0.3 is 4.74 Å². The summed E-state index contributed by atoms with van der Waals surface area (Å²) in [6, 6.07) is 12.5. The van der Waals surface area contributed by atoms with E-state index >= 15 is 8.78 Å². The fourth-order valence-corrected chi connectivity index (χ4v) is 5.71. The van der Waals surface area contributed by atoms with Crippen LogP contribution in [0.5, 0.6) is 5.75 Å². The molecule has 0 bridgehead atoms. The van der Waals surface area contributed by atoms with Crippen molar-refractivity contribution >= 4 is 5.57 Å². The molecule has 1 nitrogen and oxygen atoms in total. The van der Waals surface area contributed by atoms with Crippen molar-refractivity contribution in [3.63, 3.8) is 0 Å². The Hall–Kier alpha value is -3.34. The molecule has 3 aromatic carbocycles. The summed E-state index contributed by atoms with van der Waals surface area (Å²) in [6.07, 6.45) is 16.3. The number of ether oxygens (including phenoxy) is 1. The molecule has 5 heteroatoms. The van der Waals surface area contributed by atoms with E-state index in [9.17, 15) is 8.78 Å². The molecule has 1 aliphatic rings. The summed E-state index contributed by atoms with van der Waals surface area (Å²) in [5.41, 5.74) is 2.25. The first-order chi connectivity index (χ1) is 20.4. The van der Waals surface area contributed by atoms with Crippen molar-refractivity contribution in [1.82, 2.24) is 0 Å². The first kappa shape index (κ1) is 31.6. The Morgan fingerprint density at radius 1 is 0.738 bits per heavy atom. The van der Waals surface area contributed by atoms with Gasteiger partial charge >= 0.3 is 0 Å². The lowest BCUT2D eigenvalue weighted by atomic mass is 9.83. The summed E-state index contributed by atoms with van der Waals surface area (Å²) in [5.74, 6) is -3.32. The van der Waals surface area contributed by atoms with Crippen LogP contribution in [0.2, 0.25) is 0 Å². The average molecular weight is 579 g/mol. The highest BCUT2D eigenvalue weighted by molar-refractivity contribution is 5.74. The minimum atomic E-state index is -1.02. The molecule has 0 aliphatic heterocycles. The Morgan fingerprint density at radius 3 is 1.93 bits per heavy atom. The zero-order chi connectivity index (χ0) is 29.9. The first-order valence-electron chi connectivity index (χ1n) is 15.4. The highest BCUT2D eigenvalue weighted by atomic mass is 19.2. The van der Waals surface area contributed by atoms with Gasteiger partial charge in [-0.1, -0.05) is 94.0 Å². The van der Waals surface area contributed by atoms with E-state index in [-0.39, 0.29) is 16.9 Å². The molecule has 1 atom stereocenters. The third-order valence-corrected chi connectivity index (χ3v) is 8.29. The molecule has 1 aliphatic carbocycles. The molecule has 3 aromatic rings. The summed E-state index contributed by atoms with van der Waals surface area (Å²) >= 11 is 0. The standard InChI is InChI=1S/C37H42F4O/c1-3-5-7-8-9-10-11-25-42-33-24-23-32(36(40)37(33)41)29-19-17-28(18-20-29)31-22-21-30(34(38)35(31)39)27-15-13-26(14-16-27)12-6-4-2/h4,15,17-24,26H,2-3,5-14,16,25H2,1H3. The van der Waals surface area contributed by atoms with Gasteiger partial charge in [0.05, 0.1) is 6.61 Å². The van der Waals surface area contributed by atoms with E-state index in [4.69, 9.17) is 4.74 Å². The van der Waals surface area contributed by atoms with Crippen molar-refractivity contribution in [2.45, 2.75) is 84.0 Å². The Morgan fingerprint density at radius 2 is 1.31 bits per heavy atom. The maximum Gasteiger partial charge on any atom is 0.201 e. The number of halogens is 4. The summed E-state index contributed by atoms with van der Waals surface area (Å²) in [5, 5.41) is 0. The van der Waals surface area contributed by atoms with Crippen LogP contribution in [-0.2, 0) is 0 Å². The van der Waals surface area contributed by atoms with Gasteiger partial charge in [0.15, 0.2) is 23.2 Å². The van der Waals surface area contributed by atoms with E-state index in [1.54, 1.807) is 36.4 Å². The number of hydrogen-bond acceptors (Lipinski definition) is 1. The summed E-state index contributed by atoms with van der Waals surface area (Å²) in [6.45, 7) is 6.29. The highest BCUT2D eigenvalue weighted by Gasteiger charge is 2.21. The van der Waals surface area contributed by atoms with E-state index in [1.807, 2.05) is 12.2 Å². The lowest BCUT2D eigenvalue weighted by molar-refractivity contribution is 0.285. The lowest BCUT2D eigenvalue weighted by Gasteiger charge is -2.22. The fraction of sp³-hybridized carbons (Fsp3) is 0.405. The molecule has 0 fully saturated rings. The number of benzene rings is 3. The molecule has 0 N–H and O–H groups in total. The largest absolute Gasteiger partial charge is 0.490 e. The summed E-state index contributed by atoms with van der Waals surface area (Å²) in [4.78, 5) is 0. The van der Waals surface area contributed by atoms with Crippen molar-refractivity contribution in [2.75, 3.05) is 6.61 Å². The predicted molar refractivity (Wildman–Crippen MR) is 165 cm³/mol. The average Bonchev–Trinajstić information content (AvgIpc) is 3.01. The quantitative estimate of drug-likeness (QED) is 0.0990. The number of hydrogen-bond donors (Lipinski definition) is 0. The molecule has 0 saturated heterocycles. The van der Waals surface area contributed by atoms with E-state index in [1.165, 1.54) is 37.8 Å². The normalized spacial score (nSPS) is 15.0. The van der Waals surface area contributed by atoms with Gasteiger partial charge in [0.1, 0.15) is 0 Å². The maximum atomic E-state index is 15.2. The maximum absolute atomic E-state index is 15.2. The van der Waals surface area contributed by atoms with Crippen molar-refractivity contribution < 1.29 is 22.3 Å². The second kappa shape index (κ2) is 15.8. The third-order valence-electron chi connectivity index (χ3n) is 8.29. The minimum absolute atomic E-state index is 0.0833. The molecule has 1 unspecified atom stereocenters. The zero-order valence-electron chi connectivity index (χ0n) is 24.7. The summed E-state index contributed by atoms with van der Waals surface area (Å²) in [7, 11) is 0. The van der Waals surface area contributed by atoms with Crippen LogP contribution in [0.3, 0.4) is 0 Å². The SMILES string of the molecule is C=CCCC1CC=C(c2ccc(-c3ccc(-c4ccc(OCCCCCCCCC)c(F)c4F)cc3)c(F)c2F)CC1. The van der Waals surface area contributed by atoms with Crippen molar-refractivity contribution in [1.29, 1.82) is 0 Å². The Bertz CT molecular complexity index is 1360. The summed E-state index contributed by atoms with van der Waals surface area (Å²) < 4.78 is 65.6. The van der Waals surface area contributed by atoms with Gasteiger partial charge in [-0.15, -0.1) is 6.58 Å². The third kappa shape index (κ3) is 7.93. The molecule has 0 heterocycles. The van der Waals surface area contributed by atoms with E-state index in [0.29, 0.717) is 29.2 Å². The topological polar surface area (TPSA) is 9.23 Å². The van der Waals surface area contributed by atoms with Crippen molar-refractivity contribution in [3.8, 4) is 28.0 Å². The van der Waals surface area contributed by atoms with E-state index < -0.39 is 23.3 Å². The molecule has 0 amide bonds. The molecule has 0 saturated carbocycles. The molecule has 4 rings (SSSR count). The second-order valence-electron chi connectivity index (χ2n) is 11.3. The van der Waals surface area contributed by atoms with Gasteiger partial charge in [-0.05, 0) is 73.3 Å². The van der Waals surface area contributed by atoms with Crippen LogP contribution in [0.1, 0.15) is 89.5 Å². The highest BCUT2D eigenvalue weighted by Crippen LogP contribution is 2.37.